The maximum absolute atomic E-state index is 9.61. The second-order valence-electron chi connectivity index (χ2n) is 4.84. The molecular weight excluding hydrogens is 254 g/mol. The molecule has 3 rings (SSSR count). The standard InChI is InChI=1S/C15H17N3O2/c1-11-6-7-12(20-11)9-17(2)15-13(10-19)18-8-4-3-5-14(18)16-15/h3-8,19H,9-10H2,1-2H3. The van der Waals surface area contributed by atoms with Crippen molar-refractivity contribution in [2.75, 3.05) is 11.9 Å². The number of imidazole rings is 1. The molecule has 104 valence electrons. The van der Waals surface area contributed by atoms with E-state index in [0.29, 0.717) is 6.54 Å². The van der Waals surface area contributed by atoms with Crippen LogP contribution in [0.15, 0.2) is 40.9 Å². The van der Waals surface area contributed by atoms with E-state index in [9.17, 15) is 5.11 Å². The summed E-state index contributed by atoms with van der Waals surface area (Å²) in [7, 11) is 1.94. The maximum atomic E-state index is 9.61. The van der Waals surface area contributed by atoms with Crippen LogP contribution in [0.4, 0.5) is 5.82 Å². The second-order valence-corrected chi connectivity index (χ2v) is 4.84. The van der Waals surface area contributed by atoms with Crippen LogP contribution >= 0.6 is 0 Å². The maximum Gasteiger partial charge on any atom is 0.153 e. The number of fused-ring (bicyclic) bond motifs is 1. The Hall–Kier alpha value is -2.27. The molecule has 0 aliphatic rings. The fourth-order valence-corrected chi connectivity index (χ4v) is 2.37. The Kier molecular flexibility index (Phi) is 3.20. The minimum absolute atomic E-state index is 0.0535. The van der Waals surface area contributed by atoms with Gasteiger partial charge in [0.15, 0.2) is 5.82 Å². The Balaban J connectivity index is 1.96. The third kappa shape index (κ3) is 2.16. The summed E-state index contributed by atoms with van der Waals surface area (Å²) in [5, 5.41) is 9.61. The van der Waals surface area contributed by atoms with Gasteiger partial charge in [-0.3, -0.25) is 4.40 Å². The summed E-state index contributed by atoms with van der Waals surface area (Å²) in [4.78, 5) is 6.56. The summed E-state index contributed by atoms with van der Waals surface area (Å²) in [5.41, 5.74) is 1.61. The lowest BCUT2D eigenvalue weighted by Crippen LogP contribution is -2.18. The average Bonchev–Trinajstić information content (AvgIpc) is 3.01. The van der Waals surface area contributed by atoms with Gasteiger partial charge in [0.25, 0.3) is 0 Å². The number of rotatable bonds is 4. The van der Waals surface area contributed by atoms with Crippen molar-refractivity contribution in [2.45, 2.75) is 20.1 Å². The summed E-state index contributed by atoms with van der Waals surface area (Å²) < 4.78 is 7.49. The van der Waals surface area contributed by atoms with Crippen LogP contribution in [0.25, 0.3) is 5.65 Å². The smallest absolute Gasteiger partial charge is 0.153 e. The first-order valence-corrected chi connectivity index (χ1v) is 6.52. The largest absolute Gasteiger partial charge is 0.464 e. The monoisotopic (exact) mass is 271 g/mol. The number of pyridine rings is 1. The van der Waals surface area contributed by atoms with Crippen molar-refractivity contribution in [2.24, 2.45) is 0 Å². The van der Waals surface area contributed by atoms with E-state index in [1.54, 1.807) is 0 Å². The molecule has 0 fully saturated rings. The van der Waals surface area contributed by atoms with E-state index < -0.39 is 0 Å². The normalized spacial score (nSPS) is 11.2. The van der Waals surface area contributed by atoms with Gasteiger partial charge in [-0.1, -0.05) is 6.07 Å². The van der Waals surface area contributed by atoms with Gasteiger partial charge in [0.2, 0.25) is 0 Å². The number of hydrogen-bond acceptors (Lipinski definition) is 4. The van der Waals surface area contributed by atoms with Crippen molar-refractivity contribution in [3.8, 4) is 0 Å². The molecule has 0 bridgehead atoms. The van der Waals surface area contributed by atoms with Gasteiger partial charge in [0.05, 0.1) is 18.8 Å². The summed E-state index contributed by atoms with van der Waals surface area (Å²) in [6.07, 6.45) is 1.91. The van der Waals surface area contributed by atoms with Crippen LogP contribution in [0.5, 0.6) is 0 Å². The zero-order valence-corrected chi connectivity index (χ0v) is 11.6. The number of furan rings is 1. The Bertz CT molecular complexity index is 730. The summed E-state index contributed by atoms with van der Waals surface area (Å²) in [6.45, 7) is 2.49. The molecular formula is C15H17N3O2. The highest BCUT2D eigenvalue weighted by Gasteiger charge is 2.15. The van der Waals surface area contributed by atoms with Gasteiger partial charge in [0.1, 0.15) is 17.2 Å². The van der Waals surface area contributed by atoms with E-state index in [0.717, 1.165) is 28.7 Å². The molecule has 0 aromatic carbocycles. The summed E-state index contributed by atoms with van der Waals surface area (Å²) in [5.74, 6) is 2.55. The van der Waals surface area contributed by atoms with Gasteiger partial charge < -0.3 is 14.4 Å². The Morgan fingerprint density at radius 1 is 1.30 bits per heavy atom. The minimum atomic E-state index is -0.0535. The number of aromatic nitrogens is 2. The third-order valence-corrected chi connectivity index (χ3v) is 3.31. The lowest BCUT2D eigenvalue weighted by molar-refractivity contribution is 0.276. The Labute approximate surface area is 117 Å². The highest BCUT2D eigenvalue weighted by atomic mass is 16.3. The number of hydrogen-bond donors (Lipinski definition) is 1. The van der Waals surface area contributed by atoms with Crippen LogP contribution in [0.2, 0.25) is 0 Å². The van der Waals surface area contributed by atoms with E-state index in [4.69, 9.17) is 4.42 Å². The molecule has 0 saturated carbocycles. The molecule has 0 aliphatic carbocycles. The van der Waals surface area contributed by atoms with Crippen LogP contribution in [0, 0.1) is 6.92 Å². The number of aliphatic hydroxyl groups is 1. The molecule has 0 atom stereocenters. The van der Waals surface area contributed by atoms with E-state index in [1.165, 1.54) is 0 Å². The summed E-state index contributed by atoms with van der Waals surface area (Å²) >= 11 is 0. The molecule has 0 saturated heterocycles. The first-order chi connectivity index (χ1) is 9.69. The highest BCUT2D eigenvalue weighted by Crippen LogP contribution is 2.22. The predicted molar refractivity (Wildman–Crippen MR) is 76.7 cm³/mol. The topological polar surface area (TPSA) is 53.9 Å². The first-order valence-electron chi connectivity index (χ1n) is 6.52. The zero-order valence-electron chi connectivity index (χ0n) is 11.6. The predicted octanol–water partition coefficient (Wildman–Crippen LogP) is 2.36. The SMILES string of the molecule is Cc1ccc(CN(C)c2nc3ccccn3c2CO)o1. The lowest BCUT2D eigenvalue weighted by atomic mass is 10.3. The Morgan fingerprint density at radius 2 is 2.15 bits per heavy atom. The number of aryl methyl sites for hydroxylation is 1. The van der Waals surface area contributed by atoms with Crippen LogP contribution < -0.4 is 4.90 Å². The zero-order chi connectivity index (χ0) is 14.1. The summed E-state index contributed by atoms with van der Waals surface area (Å²) in [6, 6.07) is 9.68. The van der Waals surface area contributed by atoms with Crippen molar-refractivity contribution in [1.82, 2.24) is 9.38 Å². The third-order valence-electron chi connectivity index (χ3n) is 3.31. The van der Waals surface area contributed by atoms with Crippen LogP contribution in [-0.2, 0) is 13.2 Å². The van der Waals surface area contributed by atoms with Gasteiger partial charge in [-0.05, 0) is 31.2 Å². The van der Waals surface area contributed by atoms with Crippen molar-refractivity contribution in [3.05, 3.63) is 53.7 Å². The Morgan fingerprint density at radius 3 is 2.85 bits per heavy atom. The van der Waals surface area contributed by atoms with Crippen molar-refractivity contribution >= 4 is 11.5 Å². The molecule has 5 heteroatoms. The number of anilines is 1. The molecule has 20 heavy (non-hydrogen) atoms. The van der Waals surface area contributed by atoms with Gasteiger partial charge in [-0.2, -0.15) is 0 Å². The van der Waals surface area contributed by atoms with E-state index >= 15 is 0 Å². The van der Waals surface area contributed by atoms with Crippen LogP contribution in [0.1, 0.15) is 17.2 Å². The fraction of sp³-hybridized carbons (Fsp3) is 0.267. The molecule has 5 nitrogen and oxygen atoms in total. The number of nitrogens with zero attached hydrogens (tertiary/aromatic N) is 3. The van der Waals surface area contributed by atoms with E-state index in [-0.39, 0.29) is 6.61 Å². The fourth-order valence-electron chi connectivity index (χ4n) is 2.37. The average molecular weight is 271 g/mol. The van der Waals surface area contributed by atoms with Crippen molar-refractivity contribution in [1.29, 1.82) is 0 Å². The molecule has 0 radical (unpaired) electrons. The second kappa shape index (κ2) is 5.02. The minimum Gasteiger partial charge on any atom is -0.464 e. The van der Waals surface area contributed by atoms with E-state index in [1.807, 2.05) is 59.8 Å². The first kappa shape index (κ1) is 12.7. The van der Waals surface area contributed by atoms with E-state index in [2.05, 4.69) is 4.98 Å². The molecule has 0 unspecified atom stereocenters. The van der Waals surface area contributed by atoms with Crippen LogP contribution in [0.3, 0.4) is 0 Å². The van der Waals surface area contributed by atoms with Crippen molar-refractivity contribution in [3.63, 3.8) is 0 Å². The van der Waals surface area contributed by atoms with Gasteiger partial charge in [-0.25, -0.2) is 4.98 Å². The van der Waals surface area contributed by atoms with Gasteiger partial charge >= 0.3 is 0 Å². The quantitative estimate of drug-likeness (QED) is 0.791. The molecule has 1 N–H and O–H groups in total. The lowest BCUT2D eigenvalue weighted by Gasteiger charge is -2.16. The molecule has 3 aromatic heterocycles. The molecule has 0 aliphatic heterocycles. The molecule has 0 spiro atoms. The highest BCUT2D eigenvalue weighted by molar-refractivity contribution is 5.55. The van der Waals surface area contributed by atoms with Gasteiger partial charge in [-0.15, -0.1) is 0 Å². The molecule has 3 heterocycles. The van der Waals surface area contributed by atoms with Gasteiger partial charge in [0, 0.05) is 13.2 Å². The molecule has 3 aromatic rings. The van der Waals surface area contributed by atoms with Crippen molar-refractivity contribution < 1.29 is 9.52 Å². The number of aliphatic hydroxyl groups excluding tert-OH is 1. The van der Waals surface area contributed by atoms with Crippen LogP contribution in [-0.4, -0.2) is 21.5 Å². The molecule has 0 amide bonds.